The smallest absolute Gasteiger partial charge is 0.335 e. The average molecular weight is 512 g/mol. The molecule has 5 nitrogen and oxygen atoms in total. The van der Waals surface area contributed by atoms with Crippen LogP contribution in [0.4, 0.5) is 11.4 Å². The van der Waals surface area contributed by atoms with Gasteiger partial charge in [-0.3, -0.25) is 0 Å². The van der Waals surface area contributed by atoms with Gasteiger partial charge < -0.3 is 4.74 Å². The third-order valence-corrected chi connectivity index (χ3v) is 7.20. The summed E-state index contributed by atoms with van der Waals surface area (Å²) in [6.45, 7) is 3.51. The van der Waals surface area contributed by atoms with Crippen LogP contribution in [-0.2, 0) is 4.79 Å². The average Bonchev–Trinajstić information content (AvgIpc) is 3.41. The van der Waals surface area contributed by atoms with Crippen LogP contribution in [0.3, 0.4) is 0 Å². The Morgan fingerprint density at radius 3 is 2.37 bits per heavy atom. The van der Waals surface area contributed by atoms with E-state index in [0.29, 0.717) is 5.75 Å². The summed E-state index contributed by atoms with van der Waals surface area (Å²) in [6, 6.07) is 35.5. The van der Waals surface area contributed by atoms with Crippen molar-refractivity contribution < 1.29 is 9.53 Å². The van der Waals surface area contributed by atoms with Crippen molar-refractivity contribution >= 4 is 49.7 Å². The highest BCUT2D eigenvalue weighted by atomic mass is 32.1. The minimum atomic E-state index is -0.502. The molecule has 1 heterocycles. The normalized spacial score (nSPS) is 11.3. The molecule has 0 atom stereocenters. The number of nitrogens with zero attached hydrogens (tertiary/aromatic N) is 3. The Labute approximate surface area is 223 Å². The summed E-state index contributed by atoms with van der Waals surface area (Å²) in [5, 5.41) is 11.8. The first-order valence-corrected chi connectivity index (χ1v) is 12.8. The first-order chi connectivity index (χ1) is 18.7. The maximum absolute atomic E-state index is 12.0. The molecular formula is C32H21N3O2S. The molecule has 182 valence electrons. The van der Waals surface area contributed by atoms with E-state index in [4.69, 9.17) is 9.72 Å². The van der Waals surface area contributed by atoms with E-state index in [2.05, 4.69) is 28.9 Å². The van der Waals surface area contributed by atoms with Crippen LogP contribution < -0.4 is 4.74 Å². The van der Waals surface area contributed by atoms with Gasteiger partial charge in [-0.15, -0.1) is 16.5 Å². The van der Waals surface area contributed by atoms with Gasteiger partial charge in [0.1, 0.15) is 10.8 Å². The Hall–Kier alpha value is -4.94. The summed E-state index contributed by atoms with van der Waals surface area (Å²) < 4.78 is 6.66. The van der Waals surface area contributed by atoms with E-state index in [0.717, 1.165) is 60.1 Å². The molecule has 0 spiro atoms. The predicted molar refractivity (Wildman–Crippen MR) is 154 cm³/mol. The van der Waals surface area contributed by atoms with Crippen molar-refractivity contribution in [3.05, 3.63) is 122 Å². The minimum absolute atomic E-state index is 0.476. The molecule has 0 radical (unpaired) electrons. The van der Waals surface area contributed by atoms with Crippen molar-refractivity contribution in [2.75, 3.05) is 0 Å². The summed E-state index contributed by atoms with van der Waals surface area (Å²) >= 11 is 1.65. The van der Waals surface area contributed by atoms with Gasteiger partial charge in [0.2, 0.25) is 0 Å². The van der Waals surface area contributed by atoms with Crippen molar-refractivity contribution in [2.24, 2.45) is 10.2 Å². The zero-order valence-electron chi connectivity index (χ0n) is 20.2. The number of esters is 1. The number of azo groups is 1. The number of carbonyl (C=O) groups excluding carboxylic acids is 1. The number of fused-ring (bicyclic) bond motifs is 2. The molecule has 0 unspecified atom stereocenters. The zero-order chi connectivity index (χ0) is 25.9. The molecule has 0 aliphatic carbocycles. The summed E-state index contributed by atoms with van der Waals surface area (Å²) in [7, 11) is 0. The Balaban J connectivity index is 1.54. The number of benzene rings is 5. The Kier molecular flexibility index (Phi) is 6.30. The number of aromatic nitrogens is 1. The largest absolute Gasteiger partial charge is 0.423 e. The Bertz CT molecular complexity index is 1810. The second kappa shape index (κ2) is 10.2. The van der Waals surface area contributed by atoms with Crippen molar-refractivity contribution in [2.45, 2.75) is 0 Å². The van der Waals surface area contributed by atoms with Gasteiger partial charge in [0.25, 0.3) is 0 Å². The lowest BCUT2D eigenvalue weighted by Gasteiger charge is -2.13. The second-order valence-electron chi connectivity index (χ2n) is 8.54. The molecule has 0 fully saturated rings. The van der Waals surface area contributed by atoms with Crippen LogP contribution in [0, 0.1) is 0 Å². The third-order valence-electron chi connectivity index (χ3n) is 6.12. The van der Waals surface area contributed by atoms with Gasteiger partial charge in [-0.25, -0.2) is 9.78 Å². The molecule has 6 heteroatoms. The fourth-order valence-corrected chi connectivity index (χ4v) is 5.28. The summed E-state index contributed by atoms with van der Waals surface area (Å²) in [5.74, 6) is -0.0258. The number of rotatable bonds is 6. The fourth-order valence-electron chi connectivity index (χ4n) is 4.32. The van der Waals surface area contributed by atoms with Crippen LogP contribution in [0.15, 0.2) is 132 Å². The van der Waals surface area contributed by atoms with E-state index in [1.807, 2.05) is 97.1 Å². The van der Waals surface area contributed by atoms with Gasteiger partial charge in [0, 0.05) is 22.6 Å². The molecule has 0 amide bonds. The SMILES string of the molecule is C=CC(=O)Oc1ccc(-c2cc(-c3nc4ccccc4s3)ccc2N=Nc2ccccc2)c2ccccc12. The third kappa shape index (κ3) is 4.61. The predicted octanol–water partition coefficient (Wildman–Crippen LogP) is 9.29. The Morgan fingerprint density at radius 1 is 0.789 bits per heavy atom. The van der Waals surface area contributed by atoms with Gasteiger partial charge in [-0.05, 0) is 65.5 Å². The van der Waals surface area contributed by atoms with Gasteiger partial charge in [-0.1, -0.05) is 61.2 Å². The van der Waals surface area contributed by atoms with Crippen molar-refractivity contribution in [3.8, 4) is 27.4 Å². The van der Waals surface area contributed by atoms with Crippen LogP contribution in [0.1, 0.15) is 0 Å². The van der Waals surface area contributed by atoms with Gasteiger partial charge in [0.15, 0.2) is 0 Å². The molecule has 6 aromatic rings. The van der Waals surface area contributed by atoms with Crippen LogP contribution >= 0.6 is 11.3 Å². The molecule has 6 rings (SSSR count). The highest BCUT2D eigenvalue weighted by Crippen LogP contribution is 2.42. The molecular weight excluding hydrogens is 490 g/mol. The van der Waals surface area contributed by atoms with Crippen LogP contribution in [0.25, 0.3) is 42.7 Å². The molecule has 0 N–H and O–H groups in total. The number of ether oxygens (including phenoxy) is 1. The monoisotopic (exact) mass is 511 g/mol. The summed E-state index contributed by atoms with van der Waals surface area (Å²) in [5.41, 5.74) is 5.31. The standard InChI is InChI=1S/C32H21N3O2S/c1-2-31(36)37-29-19-17-24(23-12-6-7-13-25(23)29)26-20-21(32-33-28-14-8-9-15-30(28)38-32)16-18-27(26)35-34-22-10-4-3-5-11-22/h2-20H,1H2. The number of hydrogen-bond acceptors (Lipinski definition) is 6. The van der Waals surface area contributed by atoms with Gasteiger partial charge in [0.05, 0.1) is 21.6 Å². The maximum atomic E-state index is 12.0. The molecule has 0 aliphatic rings. The number of thiazole rings is 1. The number of carbonyl (C=O) groups is 1. The van der Waals surface area contributed by atoms with E-state index < -0.39 is 5.97 Å². The first kappa shape index (κ1) is 23.5. The topological polar surface area (TPSA) is 63.9 Å². The second-order valence-corrected chi connectivity index (χ2v) is 9.57. The molecule has 0 bridgehead atoms. The highest BCUT2D eigenvalue weighted by Gasteiger charge is 2.16. The highest BCUT2D eigenvalue weighted by molar-refractivity contribution is 7.21. The van der Waals surface area contributed by atoms with Crippen molar-refractivity contribution in [1.29, 1.82) is 0 Å². The van der Waals surface area contributed by atoms with Crippen molar-refractivity contribution in [1.82, 2.24) is 4.98 Å². The molecule has 38 heavy (non-hydrogen) atoms. The zero-order valence-corrected chi connectivity index (χ0v) is 21.1. The molecule has 0 saturated carbocycles. The van der Waals surface area contributed by atoms with Crippen LogP contribution in [0.2, 0.25) is 0 Å². The van der Waals surface area contributed by atoms with Crippen molar-refractivity contribution in [3.63, 3.8) is 0 Å². The van der Waals surface area contributed by atoms with E-state index in [-0.39, 0.29) is 0 Å². The number of hydrogen-bond donors (Lipinski definition) is 0. The quantitative estimate of drug-likeness (QED) is 0.0968. The minimum Gasteiger partial charge on any atom is -0.423 e. The van der Waals surface area contributed by atoms with E-state index in [9.17, 15) is 4.79 Å². The summed E-state index contributed by atoms with van der Waals surface area (Å²) in [4.78, 5) is 16.8. The molecule has 0 aliphatic heterocycles. The summed E-state index contributed by atoms with van der Waals surface area (Å²) in [6.07, 6.45) is 1.16. The van der Waals surface area contributed by atoms with E-state index in [1.54, 1.807) is 11.3 Å². The fraction of sp³-hybridized carbons (Fsp3) is 0. The molecule has 0 saturated heterocycles. The van der Waals surface area contributed by atoms with E-state index in [1.165, 1.54) is 0 Å². The lowest BCUT2D eigenvalue weighted by Crippen LogP contribution is -2.03. The van der Waals surface area contributed by atoms with Gasteiger partial charge >= 0.3 is 5.97 Å². The lowest BCUT2D eigenvalue weighted by molar-refractivity contribution is -0.128. The molecule has 1 aromatic heterocycles. The molecule has 5 aromatic carbocycles. The van der Waals surface area contributed by atoms with Crippen LogP contribution in [0.5, 0.6) is 5.75 Å². The van der Waals surface area contributed by atoms with Gasteiger partial charge in [-0.2, -0.15) is 5.11 Å². The van der Waals surface area contributed by atoms with E-state index >= 15 is 0 Å². The lowest BCUT2D eigenvalue weighted by atomic mass is 9.95. The first-order valence-electron chi connectivity index (χ1n) is 12.0. The maximum Gasteiger partial charge on any atom is 0.335 e. The number of para-hydroxylation sites is 1. The van der Waals surface area contributed by atoms with Crippen LogP contribution in [-0.4, -0.2) is 11.0 Å². The Morgan fingerprint density at radius 2 is 1.55 bits per heavy atom.